The Morgan fingerprint density at radius 2 is 1.61 bits per heavy atom. The second-order valence-corrected chi connectivity index (χ2v) is 4.62. The zero-order valence-corrected chi connectivity index (χ0v) is 10.1. The Balaban J connectivity index is 3.15. The molecule has 1 N–H and O–H groups in total. The molecule has 4 nitrogen and oxygen atoms in total. The van der Waals surface area contributed by atoms with Gasteiger partial charge in [-0.2, -0.15) is 0 Å². The zero-order chi connectivity index (χ0) is 14.1. The van der Waals surface area contributed by atoms with E-state index in [-0.39, 0.29) is 5.56 Å². The van der Waals surface area contributed by atoms with Crippen molar-refractivity contribution >= 4 is 11.9 Å². The fraction of sp³-hybridized carbons (Fsp3) is 0.333. The lowest BCUT2D eigenvalue weighted by molar-refractivity contribution is 0.00678. The maximum Gasteiger partial charge on any atom is 0.341 e. The Labute approximate surface area is 102 Å². The van der Waals surface area contributed by atoms with Crippen LogP contribution >= 0.6 is 0 Å². The average Bonchev–Trinajstić information content (AvgIpc) is 2.12. The minimum atomic E-state index is -1.74. The summed E-state index contributed by atoms with van der Waals surface area (Å²) in [6, 6.07) is 1.28. The van der Waals surface area contributed by atoms with Crippen LogP contribution in [0.5, 0.6) is 0 Å². The molecule has 0 amide bonds. The Morgan fingerprint density at radius 1 is 1.17 bits per heavy atom. The average molecular weight is 258 g/mol. The molecule has 0 fully saturated rings. The van der Waals surface area contributed by atoms with Crippen molar-refractivity contribution < 1.29 is 28.2 Å². The van der Waals surface area contributed by atoms with E-state index < -0.39 is 34.7 Å². The number of carboxylic acid groups (broad SMARTS) is 1. The van der Waals surface area contributed by atoms with E-state index in [0.717, 1.165) is 0 Å². The van der Waals surface area contributed by atoms with E-state index in [4.69, 9.17) is 9.84 Å². The van der Waals surface area contributed by atoms with Crippen molar-refractivity contribution in [1.29, 1.82) is 0 Å². The van der Waals surface area contributed by atoms with Gasteiger partial charge in [-0.05, 0) is 32.9 Å². The predicted molar refractivity (Wildman–Crippen MR) is 58.5 cm³/mol. The van der Waals surface area contributed by atoms with Gasteiger partial charge < -0.3 is 9.84 Å². The summed E-state index contributed by atoms with van der Waals surface area (Å²) in [5.41, 5.74) is -2.28. The summed E-state index contributed by atoms with van der Waals surface area (Å²) in [5.74, 6) is -5.29. The highest BCUT2D eigenvalue weighted by atomic mass is 19.1. The number of ether oxygens (including phenoxy) is 1. The van der Waals surface area contributed by atoms with Crippen LogP contribution in [-0.2, 0) is 4.74 Å². The van der Waals surface area contributed by atoms with Crippen LogP contribution in [0.2, 0.25) is 0 Å². The van der Waals surface area contributed by atoms with E-state index in [1.807, 2.05) is 0 Å². The van der Waals surface area contributed by atoms with Crippen molar-refractivity contribution in [3.8, 4) is 0 Å². The summed E-state index contributed by atoms with van der Waals surface area (Å²) < 4.78 is 31.6. The second kappa shape index (κ2) is 4.72. The van der Waals surface area contributed by atoms with Gasteiger partial charge in [-0.3, -0.25) is 0 Å². The number of aromatic carboxylic acids is 1. The number of hydrogen-bond donors (Lipinski definition) is 1. The molecule has 0 bridgehead atoms. The van der Waals surface area contributed by atoms with Gasteiger partial charge in [0.2, 0.25) is 0 Å². The quantitative estimate of drug-likeness (QED) is 0.828. The Hall–Kier alpha value is -1.98. The van der Waals surface area contributed by atoms with Crippen molar-refractivity contribution in [1.82, 2.24) is 0 Å². The highest BCUT2D eigenvalue weighted by molar-refractivity contribution is 5.93. The van der Waals surface area contributed by atoms with Crippen molar-refractivity contribution in [3.05, 3.63) is 34.9 Å². The summed E-state index contributed by atoms with van der Waals surface area (Å²) in [6.45, 7) is 4.80. The number of carboxylic acids is 1. The summed E-state index contributed by atoms with van der Waals surface area (Å²) >= 11 is 0. The van der Waals surface area contributed by atoms with Gasteiger partial charge in [-0.25, -0.2) is 18.4 Å². The maximum absolute atomic E-state index is 13.3. The van der Waals surface area contributed by atoms with Gasteiger partial charge in [0.25, 0.3) is 0 Å². The zero-order valence-electron chi connectivity index (χ0n) is 10.1. The third-order valence-electron chi connectivity index (χ3n) is 1.89. The molecule has 18 heavy (non-hydrogen) atoms. The molecule has 6 heteroatoms. The third kappa shape index (κ3) is 3.26. The van der Waals surface area contributed by atoms with E-state index in [1.54, 1.807) is 20.8 Å². The lowest BCUT2D eigenvalue weighted by Crippen LogP contribution is -2.24. The molecule has 0 aliphatic rings. The van der Waals surface area contributed by atoms with E-state index in [2.05, 4.69) is 0 Å². The number of benzene rings is 1. The first kappa shape index (κ1) is 14.1. The Morgan fingerprint density at radius 3 is 1.94 bits per heavy atom. The standard InChI is InChI=1S/C12H12F2O4/c1-12(2,3)18-11(17)6-4-7(13)9(10(15)16)8(14)5-6/h4-5H,1-3H3,(H,15,16). The highest BCUT2D eigenvalue weighted by Gasteiger charge is 2.23. The molecule has 0 aliphatic heterocycles. The minimum absolute atomic E-state index is 0.370. The SMILES string of the molecule is CC(C)(C)OC(=O)c1cc(F)c(C(=O)O)c(F)c1. The molecular formula is C12H12F2O4. The van der Waals surface area contributed by atoms with Crippen molar-refractivity contribution in [2.24, 2.45) is 0 Å². The largest absolute Gasteiger partial charge is 0.477 e. The molecule has 0 radical (unpaired) electrons. The second-order valence-electron chi connectivity index (χ2n) is 4.62. The van der Waals surface area contributed by atoms with Gasteiger partial charge in [0.15, 0.2) is 0 Å². The lowest BCUT2D eigenvalue weighted by atomic mass is 10.1. The van der Waals surface area contributed by atoms with Crippen molar-refractivity contribution in [2.75, 3.05) is 0 Å². The van der Waals surface area contributed by atoms with Gasteiger partial charge >= 0.3 is 11.9 Å². The smallest absolute Gasteiger partial charge is 0.341 e. The summed E-state index contributed by atoms with van der Waals surface area (Å²) in [4.78, 5) is 22.1. The molecule has 0 spiro atoms. The maximum atomic E-state index is 13.3. The van der Waals surface area contributed by atoms with E-state index in [9.17, 15) is 18.4 Å². The van der Waals surface area contributed by atoms with E-state index in [0.29, 0.717) is 12.1 Å². The molecule has 1 aromatic rings. The molecule has 1 rings (SSSR count). The fourth-order valence-corrected chi connectivity index (χ4v) is 1.23. The van der Waals surface area contributed by atoms with Crippen LogP contribution in [0.15, 0.2) is 12.1 Å². The van der Waals surface area contributed by atoms with Gasteiger partial charge in [0.05, 0.1) is 5.56 Å². The van der Waals surface area contributed by atoms with Crippen LogP contribution in [0, 0.1) is 11.6 Å². The summed E-state index contributed by atoms with van der Waals surface area (Å²) in [6.07, 6.45) is 0. The number of halogens is 2. The van der Waals surface area contributed by atoms with Crippen LogP contribution in [0.4, 0.5) is 8.78 Å². The molecule has 0 saturated carbocycles. The number of hydrogen-bond acceptors (Lipinski definition) is 3. The van der Waals surface area contributed by atoms with E-state index in [1.165, 1.54) is 0 Å². The molecule has 0 aliphatic carbocycles. The van der Waals surface area contributed by atoms with Gasteiger partial charge in [0, 0.05) is 0 Å². The lowest BCUT2D eigenvalue weighted by Gasteiger charge is -2.19. The molecule has 0 unspecified atom stereocenters. The number of esters is 1. The highest BCUT2D eigenvalue weighted by Crippen LogP contribution is 2.18. The molecule has 1 aromatic carbocycles. The minimum Gasteiger partial charge on any atom is -0.477 e. The van der Waals surface area contributed by atoms with Crippen molar-refractivity contribution in [2.45, 2.75) is 26.4 Å². The first-order valence-corrected chi connectivity index (χ1v) is 5.07. The number of carbonyl (C=O) groups excluding carboxylic acids is 1. The molecule has 0 atom stereocenters. The van der Waals surface area contributed by atoms with E-state index >= 15 is 0 Å². The molecule has 98 valence electrons. The topological polar surface area (TPSA) is 63.6 Å². The fourth-order valence-electron chi connectivity index (χ4n) is 1.23. The van der Waals surface area contributed by atoms with Gasteiger partial charge in [-0.15, -0.1) is 0 Å². The van der Waals surface area contributed by atoms with Crippen LogP contribution < -0.4 is 0 Å². The van der Waals surface area contributed by atoms with Crippen LogP contribution in [0.3, 0.4) is 0 Å². The van der Waals surface area contributed by atoms with Gasteiger partial charge in [-0.1, -0.05) is 0 Å². The normalized spacial score (nSPS) is 11.2. The van der Waals surface area contributed by atoms with Crippen LogP contribution in [0.25, 0.3) is 0 Å². The Kier molecular flexibility index (Phi) is 3.69. The first-order valence-electron chi connectivity index (χ1n) is 5.07. The third-order valence-corrected chi connectivity index (χ3v) is 1.89. The molecule has 0 saturated heterocycles. The van der Waals surface area contributed by atoms with Crippen molar-refractivity contribution in [3.63, 3.8) is 0 Å². The first-order chi connectivity index (χ1) is 8.11. The number of carbonyl (C=O) groups is 2. The Bertz CT molecular complexity index is 480. The molecular weight excluding hydrogens is 246 g/mol. The number of rotatable bonds is 2. The summed E-state index contributed by atoms with van der Waals surface area (Å²) in [5, 5.41) is 8.57. The molecule has 0 aromatic heterocycles. The van der Waals surface area contributed by atoms with Crippen LogP contribution in [0.1, 0.15) is 41.5 Å². The predicted octanol–water partition coefficient (Wildman–Crippen LogP) is 2.62. The molecule has 0 heterocycles. The van der Waals surface area contributed by atoms with Gasteiger partial charge in [0.1, 0.15) is 22.8 Å². The monoisotopic (exact) mass is 258 g/mol. The van der Waals surface area contributed by atoms with Crippen LogP contribution in [-0.4, -0.2) is 22.6 Å². The summed E-state index contributed by atoms with van der Waals surface area (Å²) in [7, 11) is 0.